The molecule has 1 aromatic heterocycles. The van der Waals surface area contributed by atoms with Crippen molar-refractivity contribution in [3.63, 3.8) is 0 Å². The molecule has 7 heteroatoms. The highest BCUT2D eigenvalue weighted by Crippen LogP contribution is 2.26. The molecule has 0 unspecified atom stereocenters. The van der Waals surface area contributed by atoms with Crippen LogP contribution in [0.25, 0.3) is 10.9 Å². The fraction of sp³-hybridized carbons (Fsp3) is 0.556. The van der Waals surface area contributed by atoms with E-state index in [2.05, 4.69) is 22.1 Å². The van der Waals surface area contributed by atoms with Crippen LogP contribution in [0, 0.1) is 11.6 Å². The van der Waals surface area contributed by atoms with Crippen molar-refractivity contribution in [3.8, 4) is 0 Å². The Morgan fingerprint density at radius 3 is 2.60 bits per heavy atom. The Morgan fingerprint density at radius 2 is 1.96 bits per heavy atom. The molecule has 0 amide bonds. The highest BCUT2D eigenvalue weighted by atomic mass is 19.1. The third kappa shape index (κ3) is 3.43. The molecule has 136 valence electrons. The van der Waals surface area contributed by atoms with E-state index in [-0.39, 0.29) is 22.5 Å². The van der Waals surface area contributed by atoms with Crippen molar-refractivity contribution in [2.45, 2.75) is 39.3 Å². The van der Waals surface area contributed by atoms with E-state index in [1.54, 1.807) is 4.57 Å². The van der Waals surface area contributed by atoms with Gasteiger partial charge in [-0.3, -0.25) is 14.3 Å². The largest absolute Gasteiger partial charge is 0.314 e. The highest BCUT2D eigenvalue weighted by Gasteiger charge is 2.27. The minimum absolute atomic E-state index is 0.00124. The van der Waals surface area contributed by atoms with E-state index >= 15 is 0 Å². The average Bonchev–Trinajstić information content (AvgIpc) is 2.61. The maximum absolute atomic E-state index is 14.3. The van der Waals surface area contributed by atoms with Gasteiger partial charge < -0.3 is 5.32 Å². The predicted octanol–water partition coefficient (Wildman–Crippen LogP) is 2.44. The van der Waals surface area contributed by atoms with E-state index in [9.17, 15) is 13.6 Å². The summed E-state index contributed by atoms with van der Waals surface area (Å²) in [5.74, 6) is -0.965. The molecule has 3 rings (SSSR count). The minimum Gasteiger partial charge on any atom is -0.314 e. The van der Waals surface area contributed by atoms with Gasteiger partial charge in [0.15, 0.2) is 5.82 Å². The molecule has 0 bridgehead atoms. The molecule has 2 aromatic rings. The van der Waals surface area contributed by atoms with Crippen molar-refractivity contribution in [1.82, 2.24) is 19.8 Å². The highest BCUT2D eigenvalue weighted by molar-refractivity contribution is 5.78. The molecule has 1 aliphatic heterocycles. The summed E-state index contributed by atoms with van der Waals surface area (Å²) in [6, 6.07) is 1.81. The number of piperazine rings is 1. The minimum atomic E-state index is -0.785. The van der Waals surface area contributed by atoms with Gasteiger partial charge in [0.25, 0.3) is 5.56 Å². The second-order valence-electron chi connectivity index (χ2n) is 6.39. The summed E-state index contributed by atoms with van der Waals surface area (Å²) in [7, 11) is 0. The van der Waals surface area contributed by atoms with Gasteiger partial charge in [0, 0.05) is 38.8 Å². The molecule has 0 saturated carbocycles. The molecule has 1 aromatic carbocycles. The lowest BCUT2D eigenvalue weighted by Crippen LogP contribution is -2.46. The third-order valence-electron chi connectivity index (χ3n) is 4.78. The zero-order valence-corrected chi connectivity index (χ0v) is 14.7. The van der Waals surface area contributed by atoms with Crippen molar-refractivity contribution in [2.24, 2.45) is 0 Å². The Labute approximate surface area is 145 Å². The van der Waals surface area contributed by atoms with E-state index in [0.717, 1.165) is 51.2 Å². The van der Waals surface area contributed by atoms with Crippen molar-refractivity contribution < 1.29 is 8.78 Å². The first-order chi connectivity index (χ1) is 12.1. The zero-order valence-electron chi connectivity index (χ0n) is 14.7. The van der Waals surface area contributed by atoms with Gasteiger partial charge in [0.1, 0.15) is 17.2 Å². The SMILES string of the molecule is CCC[C@H](c1nc2c(F)cc(F)cc2c(=O)n1CC)N1CCNCC1. The molecule has 1 atom stereocenters. The molecule has 2 heterocycles. The molecule has 1 N–H and O–H groups in total. The zero-order chi connectivity index (χ0) is 18.0. The predicted molar refractivity (Wildman–Crippen MR) is 93.7 cm³/mol. The number of nitrogens with zero attached hydrogens (tertiary/aromatic N) is 3. The smallest absolute Gasteiger partial charge is 0.261 e. The standard InChI is InChI=1S/C18H24F2N4O/c1-3-5-15(23-8-6-21-7-9-23)17-22-16-13(18(25)24(17)4-2)10-12(19)11-14(16)20/h10-11,15,21H,3-9H2,1-2H3/t15-/m1/s1. The fourth-order valence-electron chi connectivity index (χ4n) is 3.57. The van der Waals surface area contributed by atoms with Gasteiger partial charge in [0.05, 0.1) is 11.4 Å². The van der Waals surface area contributed by atoms with E-state index in [1.807, 2.05) is 6.92 Å². The van der Waals surface area contributed by atoms with Gasteiger partial charge in [-0.2, -0.15) is 0 Å². The summed E-state index contributed by atoms with van der Waals surface area (Å²) in [4.78, 5) is 19.6. The summed E-state index contributed by atoms with van der Waals surface area (Å²) in [6.45, 7) is 7.83. The molecule has 0 spiro atoms. The molecular formula is C18H24F2N4O. The normalized spacial score (nSPS) is 17.1. The Bertz CT molecular complexity index is 815. The second-order valence-corrected chi connectivity index (χ2v) is 6.39. The molecule has 1 aliphatic rings. The third-order valence-corrected chi connectivity index (χ3v) is 4.78. The first kappa shape index (κ1) is 17.9. The monoisotopic (exact) mass is 350 g/mol. The van der Waals surface area contributed by atoms with Crippen LogP contribution in [0.4, 0.5) is 8.78 Å². The van der Waals surface area contributed by atoms with Gasteiger partial charge in [-0.25, -0.2) is 13.8 Å². The first-order valence-electron chi connectivity index (χ1n) is 8.91. The van der Waals surface area contributed by atoms with Crippen molar-refractivity contribution >= 4 is 10.9 Å². The Hall–Kier alpha value is -1.86. The van der Waals surface area contributed by atoms with Crippen LogP contribution in [0.2, 0.25) is 0 Å². The average molecular weight is 350 g/mol. The lowest BCUT2D eigenvalue weighted by atomic mass is 10.1. The topological polar surface area (TPSA) is 50.2 Å². The van der Waals surface area contributed by atoms with Crippen molar-refractivity contribution in [1.29, 1.82) is 0 Å². The number of fused-ring (bicyclic) bond motifs is 1. The number of hydrogen-bond donors (Lipinski definition) is 1. The summed E-state index contributed by atoms with van der Waals surface area (Å²) in [5, 5.41) is 3.31. The van der Waals surface area contributed by atoms with E-state index in [1.165, 1.54) is 0 Å². The van der Waals surface area contributed by atoms with Crippen LogP contribution in [0.15, 0.2) is 16.9 Å². The molecule has 0 radical (unpaired) electrons. The molecule has 1 fully saturated rings. The summed E-state index contributed by atoms with van der Waals surface area (Å²) >= 11 is 0. The number of halogens is 2. The number of hydrogen-bond acceptors (Lipinski definition) is 4. The Morgan fingerprint density at radius 1 is 1.24 bits per heavy atom. The summed E-state index contributed by atoms with van der Waals surface area (Å²) < 4.78 is 29.4. The number of benzene rings is 1. The quantitative estimate of drug-likeness (QED) is 0.900. The lowest BCUT2D eigenvalue weighted by molar-refractivity contribution is 0.154. The van der Waals surface area contributed by atoms with Crippen LogP contribution in [0.1, 0.15) is 38.6 Å². The van der Waals surface area contributed by atoms with E-state index in [4.69, 9.17) is 0 Å². The molecule has 25 heavy (non-hydrogen) atoms. The van der Waals surface area contributed by atoms with Crippen LogP contribution in [-0.4, -0.2) is 40.6 Å². The lowest BCUT2D eigenvalue weighted by Gasteiger charge is -2.35. The van der Waals surface area contributed by atoms with Crippen molar-refractivity contribution in [2.75, 3.05) is 26.2 Å². The molecule has 1 saturated heterocycles. The van der Waals surface area contributed by atoms with Gasteiger partial charge in [-0.15, -0.1) is 0 Å². The van der Waals surface area contributed by atoms with Crippen LogP contribution < -0.4 is 10.9 Å². The Kier molecular flexibility index (Phi) is 5.44. The number of aromatic nitrogens is 2. The number of rotatable bonds is 5. The van der Waals surface area contributed by atoms with Gasteiger partial charge in [-0.05, 0) is 19.4 Å². The van der Waals surface area contributed by atoms with Crippen LogP contribution >= 0.6 is 0 Å². The van der Waals surface area contributed by atoms with Gasteiger partial charge in [-0.1, -0.05) is 13.3 Å². The molecular weight excluding hydrogens is 326 g/mol. The maximum atomic E-state index is 14.3. The van der Waals surface area contributed by atoms with E-state index in [0.29, 0.717) is 12.4 Å². The van der Waals surface area contributed by atoms with E-state index < -0.39 is 11.6 Å². The summed E-state index contributed by atoms with van der Waals surface area (Å²) in [5.41, 5.74) is -0.417. The fourth-order valence-corrected chi connectivity index (χ4v) is 3.57. The number of nitrogens with one attached hydrogen (secondary N) is 1. The summed E-state index contributed by atoms with van der Waals surface area (Å²) in [6.07, 6.45) is 1.76. The van der Waals surface area contributed by atoms with Gasteiger partial charge >= 0.3 is 0 Å². The van der Waals surface area contributed by atoms with Crippen LogP contribution in [0.5, 0.6) is 0 Å². The second kappa shape index (κ2) is 7.58. The molecule has 5 nitrogen and oxygen atoms in total. The van der Waals surface area contributed by atoms with Crippen molar-refractivity contribution in [3.05, 3.63) is 39.9 Å². The van der Waals surface area contributed by atoms with Crippen LogP contribution in [-0.2, 0) is 6.54 Å². The molecule has 0 aliphatic carbocycles. The van der Waals surface area contributed by atoms with Gasteiger partial charge in [0.2, 0.25) is 0 Å². The first-order valence-corrected chi connectivity index (χ1v) is 8.91. The Balaban J connectivity index is 2.20. The maximum Gasteiger partial charge on any atom is 0.261 e. The van der Waals surface area contributed by atoms with Crippen LogP contribution in [0.3, 0.4) is 0 Å².